The molecule has 5 nitrogen and oxygen atoms in total. The van der Waals surface area contributed by atoms with E-state index in [-0.39, 0.29) is 11.4 Å². The van der Waals surface area contributed by atoms with Crippen LogP contribution in [0.5, 0.6) is 0 Å². The summed E-state index contributed by atoms with van der Waals surface area (Å²) in [6, 6.07) is 6.37. The van der Waals surface area contributed by atoms with Gasteiger partial charge in [0.2, 0.25) is 0 Å². The van der Waals surface area contributed by atoms with Crippen LogP contribution < -0.4 is 0 Å². The number of hydrogen-bond acceptors (Lipinski definition) is 4. The predicted octanol–water partition coefficient (Wildman–Crippen LogP) is 3.72. The Labute approximate surface area is 145 Å². The van der Waals surface area contributed by atoms with Crippen molar-refractivity contribution >= 4 is 16.1 Å². The zero-order valence-corrected chi connectivity index (χ0v) is 15.5. The van der Waals surface area contributed by atoms with Gasteiger partial charge in [0.05, 0.1) is 4.90 Å². The van der Waals surface area contributed by atoms with Crippen LogP contribution in [-0.2, 0) is 14.8 Å². The lowest BCUT2D eigenvalue weighted by Gasteiger charge is -2.27. The van der Waals surface area contributed by atoms with Crippen molar-refractivity contribution in [3.63, 3.8) is 0 Å². The minimum absolute atomic E-state index is 0.0345. The number of rotatable bonds is 6. The number of benzene rings is 1. The molecule has 1 aromatic rings. The number of ether oxygens (including phenoxy) is 1. The van der Waals surface area contributed by atoms with E-state index in [1.807, 2.05) is 6.92 Å². The number of terminal acetylenes is 1. The quantitative estimate of drug-likeness (QED) is 0.579. The van der Waals surface area contributed by atoms with Gasteiger partial charge in [0, 0.05) is 13.0 Å². The monoisotopic (exact) mass is 351 g/mol. The molecule has 0 heterocycles. The van der Waals surface area contributed by atoms with Crippen molar-refractivity contribution in [3.8, 4) is 12.3 Å². The minimum Gasteiger partial charge on any atom is -0.443 e. The van der Waals surface area contributed by atoms with Crippen molar-refractivity contribution < 1.29 is 17.9 Å². The first-order valence-electron chi connectivity index (χ1n) is 7.84. The maximum atomic E-state index is 12.8. The van der Waals surface area contributed by atoms with E-state index in [0.29, 0.717) is 19.3 Å². The molecule has 1 amide bonds. The van der Waals surface area contributed by atoms with E-state index in [9.17, 15) is 13.2 Å². The van der Waals surface area contributed by atoms with E-state index in [4.69, 9.17) is 11.2 Å². The third-order valence-electron chi connectivity index (χ3n) is 3.14. The van der Waals surface area contributed by atoms with E-state index in [1.165, 1.54) is 12.1 Å². The van der Waals surface area contributed by atoms with Gasteiger partial charge in [0.25, 0.3) is 10.0 Å². The molecule has 6 heteroatoms. The molecule has 0 aliphatic rings. The Bertz CT molecular complexity index is 694. The van der Waals surface area contributed by atoms with Crippen LogP contribution in [0.4, 0.5) is 4.79 Å². The van der Waals surface area contributed by atoms with Crippen molar-refractivity contribution in [2.75, 3.05) is 6.54 Å². The molecule has 0 saturated heterocycles. The summed E-state index contributed by atoms with van der Waals surface area (Å²) in [6.07, 6.45) is 5.99. The molecule has 1 aromatic carbocycles. The molecule has 0 spiro atoms. The molecule has 0 saturated carbocycles. The van der Waals surface area contributed by atoms with Crippen LogP contribution in [0.1, 0.15) is 45.6 Å². The molecule has 0 radical (unpaired) electrons. The Morgan fingerprint density at radius 1 is 1.21 bits per heavy atom. The number of carbonyl (C=O) groups excluding carboxylic acids is 1. The second-order valence-electron chi connectivity index (χ2n) is 6.53. The molecule has 0 bridgehead atoms. The van der Waals surface area contributed by atoms with Gasteiger partial charge in [-0.25, -0.2) is 17.5 Å². The summed E-state index contributed by atoms with van der Waals surface area (Å²) in [5, 5.41) is 0. The molecule has 0 atom stereocenters. The highest BCUT2D eigenvalue weighted by Crippen LogP contribution is 2.20. The lowest BCUT2D eigenvalue weighted by atomic mass is 10.2. The number of amides is 1. The van der Waals surface area contributed by atoms with Crippen molar-refractivity contribution in [3.05, 3.63) is 29.8 Å². The highest BCUT2D eigenvalue weighted by atomic mass is 32.2. The van der Waals surface area contributed by atoms with Gasteiger partial charge < -0.3 is 4.74 Å². The lowest BCUT2D eigenvalue weighted by Crippen LogP contribution is -2.41. The summed E-state index contributed by atoms with van der Waals surface area (Å²) in [5.41, 5.74) is 0.156. The number of sulfonamides is 1. The zero-order chi connectivity index (χ0) is 18.4. The maximum Gasteiger partial charge on any atom is 0.424 e. The van der Waals surface area contributed by atoms with E-state index in [1.54, 1.807) is 32.9 Å². The lowest BCUT2D eigenvalue weighted by molar-refractivity contribution is 0.0389. The second kappa shape index (κ2) is 8.20. The molecule has 0 aliphatic carbocycles. The molecule has 0 fully saturated rings. The summed E-state index contributed by atoms with van der Waals surface area (Å²) >= 11 is 0. The summed E-state index contributed by atoms with van der Waals surface area (Å²) in [7, 11) is -3.97. The second-order valence-corrected chi connectivity index (χ2v) is 8.39. The number of hydrogen-bond donors (Lipinski definition) is 0. The molecule has 24 heavy (non-hydrogen) atoms. The number of unbranched alkanes of at least 4 members (excludes halogenated alkanes) is 2. The average Bonchev–Trinajstić information content (AvgIpc) is 2.45. The molecular formula is C18H25NO4S. The average molecular weight is 351 g/mol. The standard InChI is InChI=1S/C18H25NO4S/c1-6-7-8-9-14-19(17(20)23-18(3,4)5)24(21,22)16-12-10-15(2)11-13-16/h1,10-13H,7-9,14H2,2-5H3. The van der Waals surface area contributed by atoms with Crippen LogP contribution >= 0.6 is 0 Å². The van der Waals surface area contributed by atoms with Crippen molar-refractivity contribution in [2.45, 2.75) is 57.5 Å². The fraction of sp³-hybridized carbons (Fsp3) is 0.500. The van der Waals surface area contributed by atoms with Crippen LogP contribution in [0.3, 0.4) is 0 Å². The summed E-state index contributed by atoms with van der Waals surface area (Å²) in [4.78, 5) is 12.5. The highest BCUT2D eigenvalue weighted by molar-refractivity contribution is 7.89. The first-order valence-corrected chi connectivity index (χ1v) is 9.28. The van der Waals surface area contributed by atoms with Gasteiger partial charge >= 0.3 is 6.09 Å². The van der Waals surface area contributed by atoms with Crippen LogP contribution in [0, 0.1) is 19.3 Å². The zero-order valence-electron chi connectivity index (χ0n) is 14.7. The van der Waals surface area contributed by atoms with Crippen LogP contribution in [-0.4, -0.2) is 31.0 Å². The van der Waals surface area contributed by atoms with Crippen molar-refractivity contribution in [1.29, 1.82) is 0 Å². The topological polar surface area (TPSA) is 63.7 Å². The molecule has 0 aliphatic heterocycles. The van der Waals surface area contributed by atoms with Gasteiger partial charge in [-0.3, -0.25) is 0 Å². The summed E-state index contributed by atoms with van der Waals surface area (Å²) in [6.45, 7) is 6.98. The first-order chi connectivity index (χ1) is 11.1. The Morgan fingerprint density at radius 3 is 2.29 bits per heavy atom. The van der Waals surface area contributed by atoms with Crippen molar-refractivity contribution in [1.82, 2.24) is 4.31 Å². The van der Waals surface area contributed by atoms with E-state index >= 15 is 0 Å². The molecule has 132 valence electrons. The Balaban J connectivity index is 3.08. The Morgan fingerprint density at radius 2 is 1.79 bits per heavy atom. The fourth-order valence-corrected chi connectivity index (χ4v) is 3.28. The van der Waals surface area contributed by atoms with Crippen LogP contribution in [0.2, 0.25) is 0 Å². The molecule has 0 unspecified atom stereocenters. The number of nitrogens with zero attached hydrogens (tertiary/aromatic N) is 1. The van der Waals surface area contributed by atoms with Crippen LogP contribution in [0.25, 0.3) is 0 Å². The Kier molecular flexibility index (Phi) is 6.85. The molecule has 0 aromatic heterocycles. The largest absolute Gasteiger partial charge is 0.443 e. The van der Waals surface area contributed by atoms with Gasteiger partial charge in [0.1, 0.15) is 5.60 Å². The van der Waals surface area contributed by atoms with Crippen molar-refractivity contribution in [2.24, 2.45) is 0 Å². The Hall–Kier alpha value is -2.00. The van der Waals surface area contributed by atoms with Crippen LogP contribution in [0.15, 0.2) is 29.2 Å². The first kappa shape index (κ1) is 20.0. The van der Waals surface area contributed by atoms with Gasteiger partial charge in [-0.2, -0.15) is 0 Å². The highest BCUT2D eigenvalue weighted by Gasteiger charge is 2.32. The van der Waals surface area contributed by atoms with E-state index in [0.717, 1.165) is 9.87 Å². The van der Waals surface area contributed by atoms with E-state index < -0.39 is 21.7 Å². The minimum atomic E-state index is -3.97. The summed E-state index contributed by atoms with van der Waals surface area (Å²) in [5.74, 6) is 2.50. The van der Waals surface area contributed by atoms with Gasteiger partial charge in [-0.05, 0) is 52.7 Å². The smallest absolute Gasteiger partial charge is 0.424 e. The third-order valence-corrected chi connectivity index (χ3v) is 4.92. The third kappa shape index (κ3) is 5.89. The normalized spacial score (nSPS) is 11.6. The summed E-state index contributed by atoms with van der Waals surface area (Å²) < 4.78 is 31.7. The maximum absolute atomic E-state index is 12.8. The number of aryl methyl sites for hydroxylation is 1. The van der Waals surface area contributed by atoms with E-state index in [2.05, 4.69) is 5.92 Å². The number of carbonyl (C=O) groups is 1. The van der Waals surface area contributed by atoms with Gasteiger partial charge in [-0.1, -0.05) is 17.7 Å². The fourth-order valence-electron chi connectivity index (χ4n) is 1.94. The van der Waals surface area contributed by atoms with Gasteiger partial charge in [0.15, 0.2) is 0 Å². The SMILES string of the molecule is C#CCCCCN(C(=O)OC(C)(C)C)S(=O)(=O)c1ccc(C)cc1. The van der Waals surface area contributed by atoms with Gasteiger partial charge in [-0.15, -0.1) is 12.3 Å². The predicted molar refractivity (Wildman–Crippen MR) is 94.0 cm³/mol. The molecule has 1 rings (SSSR count). The molecule has 0 N–H and O–H groups in total. The molecular weight excluding hydrogens is 326 g/mol.